The number of carbonyl (C=O) groups is 2. The Morgan fingerprint density at radius 2 is 2.12 bits per heavy atom. The van der Waals surface area contributed by atoms with Crippen LogP contribution in [0.4, 0.5) is 5.69 Å². The van der Waals surface area contributed by atoms with Crippen LogP contribution in [0.15, 0.2) is 18.2 Å². The molecule has 1 atom stereocenters. The molecular formula is C14H15ClN2O7S. The Morgan fingerprint density at radius 3 is 2.68 bits per heavy atom. The van der Waals surface area contributed by atoms with Crippen molar-refractivity contribution in [3.63, 3.8) is 0 Å². The summed E-state index contributed by atoms with van der Waals surface area (Å²) in [6.45, 7) is -0.595. The molecule has 25 heavy (non-hydrogen) atoms. The Labute approximate surface area is 148 Å². The monoisotopic (exact) mass is 390 g/mol. The van der Waals surface area contributed by atoms with E-state index in [1.54, 1.807) is 0 Å². The Bertz CT molecular complexity index is 824. The number of ether oxygens (including phenoxy) is 1. The quantitative estimate of drug-likeness (QED) is 0.418. The zero-order chi connectivity index (χ0) is 18.8. The number of nitro benzene ring substituents is 1. The molecule has 1 aliphatic rings. The molecule has 0 radical (unpaired) electrons. The van der Waals surface area contributed by atoms with Crippen molar-refractivity contribution in [3.05, 3.63) is 38.9 Å². The van der Waals surface area contributed by atoms with E-state index < -0.39 is 45.0 Å². The number of hydrogen-bond donors (Lipinski definition) is 0. The minimum atomic E-state index is -3.14. The van der Waals surface area contributed by atoms with Gasteiger partial charge in [-0.05, 0) is 18.6 Å². The summed E-state index contributed by atoms with van der Waals surface area (Å²) in [7, 11) is -1.70. The highest BCUT2D eigenvalue weighted by atomic mass is 35.5. The second-order valence-corrected chi connectivity index (χ2v) is 8.20. The van der Waals surface area contributed by atoms with Crippen molar-refractivity contribution in [2.75, 3.05) is 25.2 Å². The molecule has 136 valence electrons. The van der Waals surface area contributed by atoms with Crippen LogP contribution in [0.5, 0.6) is 0 Å². The molecule has 2 rings (SSSR count). The fourth-order valence-corrected chi connectivity index (χ4v) is 4.34. The summed E-state index contributed by atoms with van der Waals surface area (Å²) in [5, 5.41) is 10.7. The van der Waals surface area contributed by atoms with Gasteiger partial charge in [-0.3, -0.25) is 14.9 Å². The summed E-state index contributed by atoms with van der Waals surface area (Å²) < 4.78 is 27.7. The van der Waals surface area contributed by atoms with Gasteiger partial charge in [0.05, 0.1) is 22.0 Å². The van der Waals surface area contributed by atoms with Gasteiger partial charge in [0, 0.05) is 19.2 Å². The Kier molecular flexibility index (Phi) is 5.63. The Balaban J connectivity index is 1.97. The number of amides is 1. The Morgan fingerprint density at radius 1 is 1.44 bits per heavy atom. The van der Waals surface area contributed by atoms with Crippen LogP contribution in [0.3, 0.4) is 0 Å². The standard InChI is InChI=1S/C14H15ClN2O7S/c1-16(10-4-5-25(22,23)8-10)13(18)7-24-14(19)9-2-3-11(15)12(6-9)17(20)21/h2-3,6,10H,4-5,7-8H2,1H3. The van der Waals surface area contributed by atoms with E-state index in [2.05, 4.69) is 0 Å². The first-order chi connectivity index (χ1) is 11.6. The highest BCUT2D eigenvalue weighted by Crippen LogP contribution is 2.25. The van der Waals surface area contributed by atoms with Crippen molar-refractivity contribution in [1.82, 2.24) is 4.90 Å². The van der Waals surface area contributed by atoms with Gasteiger partial charge < -0.3 is 9.64 Å². The normalized spacial score (nSPS) is 18.6. The third kappa shape index (κ3) is 4.67. The van der Waals surface area contributed by atoms with Gasteiger partial charge >= 0.3 is 5.97 Å². The predicted octanol–water partition coefficient (Wildman–Crippen LogP) is 1.05. The van der Waals surface area contributed by atoms with Gasteiger partial charge in [-0.2, -0.15) is 0 Å². The lowest BCUT2D eigenvalue weighted by Crippen LogP contribution is -2.40. The summed E-state index contributed by atoms with van der Waals surface area (Å²) in [6.07, 6.45) is 0.335. The van der Waals surface area contributed by atoms with E-state index >= 15 is 0 Å². The molecule has 1 fully saturated rings. The molecule has 9 nitrogen and oxygen atoms in total. The molecule has 0 N–H and O–H groups in total. The highest BCUT2D eigenvalue weighted by molar-refractivity contribution is 7.91. The van der Waals surface area contributed by atoms with Crippen LogP contribution in [0, 0.1) is 10.1 Å². The van der Waals surface area contributed by atoms with E-state index in [1.807, 2.05) is 0 Å². The van der Waals surface area contributed by atoms with E-state index in [-0.39, 0.29) is 22.1 Å². The van der Waals surface area contributed by atoms with Crippen LogP contribution in [-0.4, -0.2) is 61.3 Å². The van der Waals surface area contributed by atoms with Gasteiger partial charge in [0.25, 0.3) is 11.6 Å². The van der Waals surface area contributed by atoms with Gasteiger partial charge in [0.15, 0.2) is 16.4 Å². The molecule has 1 heterocycles. The number of esters is 1. The minimum absolute atomic E-state index is 0.0174. The average Bonchev–Trinajstić information content (AvgIpc) is 2.91. The van der Waals surface area contributed by atoms with Crippen molar-refractivity contribution in [2.45, 2.75) is 12.5 Å². The lowest BCUT2D eigenvalue weighted by Gasteiger charge is -2.23. The van der Waals surface area contributed by atoms with Crippen molar-refractivity contribution < 1.29 is 27.7 Å². The molecule has 0 spiro atoms. The first kappa shape index (κ1) is 19.1. The second kappa shape index (κ2) is 7.36. The number of rotatable bonds is 5. The fourth-order valence-electron chi connectivity index (χ4n) is 2.38. The zero-order valence-corrected chi connectivity index (χ0v) is 14.7. The smallest absolute Gasteiger partial charge is 0.338 e. The first-order valence-electron chi connectivity index (χ1n) is 7.18. The number of nitrogens with zero attached hydrogens (tertiary/aromatic N) is 2. The van der Waals surface area contributed by atoms with Crippen LogP contribution >= 0.6 is 11.6 Å². The molecule has 11 heteroatoms. The second-order valence-electron chi connectivity index (χ2n) is 5.56. The molecule has 0 aromatic heterocycles. The summed E-state index contributed by atoms with van der Waals surface area (Å²) in [4.78, 5) is 35.3. The van der Waals surface area contributed by atoms with E-state index in [1.165, 1.54) is 24.1 Å². The van der Waals surface area contributed by atoms with Crippen LogP contribution in [0.1, 0.15) is 16.8 Å². The molecule has 1 aliphatic heterocycles. The number of likely N-dealkylation sites (N-methyl/N-ethyl adjacent to an activating group) is 1. The number of hydrogen-bond acceptors (Lipinski definition) is 7. The average molecular weight is 391 g/mol. The molecule has 1 saturated heterocycles. The molecule has 1 amide bonds. The molecule has 0 bridgehead atoms. The lowest BCUT2D eigenvalue weighted by molar-refractivity contribution is -0.384. The summed E-state index contributed by atoms with van der Waals surface area (Å²) in [6, 6.07) is 2.94. The maximum atomic E-state index is 12.0. The van der Waals surface area contributed by atoms with E-state index in [4.69, 9.17) is 16.3 Å². The number of nitro groups is 1. The zero-order valence-electron chi connectivity index (χ0n) is 13.2. The SMILES string of the molecule is CN(C(=O)COC(=O)c1ccc(Cl)c([N+](=O)[O-])c1)C1CCS(=O)(=O)C1. The van der Waals surface area contributed by atoms with Gasteiger partial charge in [-0.15, -0.1) is 0 Å². The van der Waals surface area contributed by atoms with Crippen LogP contribution in [0.2, 0.25) is 5.02 Å². The first-order valence-corrected chi connectivity index (χ1v) is 9.38. The van der Waals surface area contributed by atoms with Crippen molar-refractivity contribution >= 4 is 39.0 Å². The predicted molar refractivity (Wildman–Crippen MR) is 88.2 cm³/mol. The molecular weight excluding hydrogens is 376 g/mol. The third-order valence-corrected chi connectivity index (χ3v) is 5.92. The van der Waals surface area contributed by atoms with Gasteiger partial charge in [0.1, 0.15) is 5.02 Å². The molecule has 0 saturated carbocycles. The lowest BCUT2D eigenvalue weighted by atomic mass is 10.2. The van der Waals surface area contributed by atoms with E-state index in [0.29, 0.717) is 6.42 Å². The van der Waals surface area contributed by atoms with Crippen molar-refractivity contribution in [2.24, 2.45) is 0 Å². The summed E-state index contributed by atoms with van der Waals surface area (Å²) in [5.41, 5.74) is -0.564. The number of sulfone groups is 1. The maximum Gasteiger partial charge on any atom is 0.338 e. The van der Waals surface area contributed by atoms with Gasteiger partial charge in [-0.1, -0.05) is 11.6 Å². The van der Waals surface area contributed by atoms with E-state index in [0.717, 1.165) is 6.07 Å². The topological polar surface area (TPSA) is 124 Å². The third-order valence-electron chi connectivity index (χ3n) is 3.85. The highest BCUT2D eigenvalue weighted by Gasteiger charge is 2.33. The van der Waals surface area contributed by atoms with Crippen LogP contribution < -0.4 is 0 Å². The maximum absolute atomic E-state index is 12.0. The number of halogens is 1. The molecule has 1 aromatic carbocycles. The summed E-state index contributed by atoms with van der Waals surface area (Å²) in [5.74, 6) is -1.57. The van der Waals surface area contributed by atoms with Crippen LogP contribution in [0.25, 0.3) is 0 Å². The molecule has 0 aliphatic carbocycles. The van der Waals surface area contributed by atoms with Crippen molar-refractivity contribution in [3.8, 4) is 0 Å². The molecule has 1 unspecified atom stereocenters. The summed E-state index contributed by atoms with van der Waals surface area (Å²) >= 11 is 5.66. The minimum Gasteiger partial charge on any atom is -0.452 e. The number of benzene rings is 1. The van der Waals surface area contributed by atoms with Gasteiger partial charge in [-0.25, -0.2) is 13.2 Å². The van der Waals surface area contributed by atoms with Gasteiger partial charge in [0.2, 0.25) is 0 Å². The van der Waals surface area contributed by atoms with Crippen LogP contribution in [-0.2, 0) is 19.4 Å². The molecule has 1 aromatic rings. The number of carbonyl (C=O) groups excluding carboxylic acids is 2. The van der Waals surface area contributed by atoms with E-state index in [9.17, 15) is 28.1 Å². The fraction of sp³-hybridized carbons (Fsp3) is 0.429. The largest absolute Gasteiger partial charge is 0.452 e. The Hall–Kier alpha value is -2.20. The van der Waals surface area contributed by atoms with Crippen molar-refractivity contribution in [1.29, 1.82) is 0 Å².